The summed E-state index contributed by atoms with van der Waals surface area (Å²) in [5.74, 6) is 0.477. The van der Waals surface area contributed by atoms with E-state index in [1.54, 1.807) is 0 Å². The van der Waals surface area contributed by atoms with Crippen LogP contribution in [0.4, 0.5) is 0 Å². The third-order valence-corrected chi connectivity index (χ3v) is 2.07. The lowest BCUT2D eigenvalue weighted by molar-refractivity contribution is 0.820. The Morgan fingerprint density at radius 2 is 1.89 bits per heavy atom. The van der Waals surface area contributed by atoms with Gasteiger partial charge in [0.2, 0.25) is 0 Å². The van der Waals surface area contributed by atoms with Crippen LogP contribution in [-0.2, 0) is 0 Å². The van der Waals surface area contributed by atoms with E-state index in [-0.39, 0.29) is 0 Å². The van der Waals surface area contributed by atoms with Crippen LogP contribution in [0, 0.1) is 5.92 Å². The van der Waals surface area contributed by atoms with Gasteiger partial charge in [0.15, 0.2) is 0 Å². The Hall–Kier alpha value is 0.120. The summed E-state index contributed by atoms with van der Waals surface area (Å²) in [7, 11) is 0. The highest BCUT2D eigenvalue weighted by Crippen LogP contribution is 2.29. The van der Waals surface area contributed by atoms with Gasteiger partial charge in [-0.15, -0.1) is 0 Å². The first-order chi connectivity index (χ1) is 4.04. The van der Waals surface area contributed by atoms with Crippen LogP contribution in [0.2, 0.25) is 0 Å². The molecule has 0 N–H and O–H groups in total. The van der Waals surface area contributed by atoms with Gasteiger partial charge in [-0.25, -0.2) is 0 Å². The molecule has 0 saturated heterocycles. The lowest BCUT2D eigenvalue weighted by atomic mass is 10.2. The summed E-state index contributed by atoms with van der Waals surface area (Å²) < 4.78 is 0.591. The molecule has 0 aliphatic carbocycles. The maximum Gasteiger partial charge on any atom is 0.0707 e. The zero-order valence-electron chi connectivity index (χ0n) is 5.78. The predicted octanol–water partition coefficient (Wildman–Crippen LogP) is 3.60. The van der Waals surface area contributed by atoms with Crippen LogP contribution in [0.3, 0.4) is 0 Å². The number of allylic oxidation sites excluding steroid dienone is 1. The molecule has 9 heavy (non-hydrogen) atoms. The van der Waals surface area contributed by atoms with Crippen LogP contribution in [0.5, 0.6) is 0 Å². The molecule has 0 amide bonds. The van der Waals surface area contributed by atoms with E-state index in [2.05, 4.69) is 27.0 Å². The van der Waals surface area contributed by atoms with Crippen molar-refractivity contribution in [2.24, 2.45) is 5.92 Å². The van der Waals surface area contributed by atoms with E-state index in [1.165, 1.54) is 11.8 Å². The maximum atomic E-state index is 5.52. The number of hydrogen-bond acceptors (Lipinski definition) is 1. The molecule has 0 nitrogen and oxygen atoms in total. The fourth-order valence-corrected chi connectivity index (χ4v) is 1.08. The molecule has 0 radical (unpaired) electrons. The van der Waals surface area contributed by atoms with Gasteiger partial charge in [0.1, 0.15) is 0 Å². The molecule has 0 fully saturated rings. The van der Waals surface area contributed by atoms with Crippen molar-refractivity contribution in [2.75, 3.05) is 0 Å². The SMILES string of the molecule is C=C(Cl)SC(=C)C(C)C. The van der Waals surface area contributed by atoms with Crippen molar-refractivity contribution in [3.05, 3.63) is 22.4 Å². The molecular formula is C7H11ClS. The van der Waals surface area contributed by atoms with E-state index < -0.39 is 0 Å². The van der Waals surface area contributed by atoms with Gasteiger partial charge in [-0.1, -0.05) is 50.4 Å². The third kappa shape index (κ3) is 4.61. The summed E-state index contributed by atoms with van der Waals surface area (Å²) >= 11 is 6.96. The Balaban J connectivity index is 3.64. The molecule has 0 atom stereocenters. The Bertz CT molecular complexity index is 127. The molecule has 52 valence electrons. The number of rotatable bonds is 3. The van der Waals surface area contributed by atoms with Crippen LogP contribution >= 0.6 is 23.4 Å². The fourth-order valence-electron chi connectivity index (χ4n) is 0.260. The van der Waals surface area contributed by atoms with Crippen molar-refractivity contribution in [1.82, 2.24) is 0 Å². The average molecular weight is 163 g/mol. The molecule has 0 aromatic carbocycles. The van der Waals surface area contributed by atoms with Crippen molar-refractivity contribution in [1.29, 1.82) is 0 Å². The first-order valence-corrected chi connectivity index (χ1v) is 3.94. The van der Waals surface area contributed by atoms with Crippen molar-refractivity contribution >= 4 is 23.4 Å². The molecule has 0 spiro atoms. The van der Waals surface area contributed by atoms with Crippen molar-refractivity contribution in [3.8, 4) is 0 Å². The monoisotopic (exact) mass is 162 g/mol. The largest absolute Gasteiger partial charge is 0.0888 e. The maximum absolute atomic E-state index is 5.52. The molecule has 0 saturated carbocycles. The van der Waals surface area contributed by atoms with E-state index >= 15 is 0 Å². The molecule has 0 aromatic heterocycles. The second-order valence-corrected chi connectivity index (χ2v) is 3.98. The van der Waals surface area contributed by atoms with Crippen LogP contribution in [0.15, 0.2) is 22.4 Å². The Labute approximate surface area is 66.0 Å². The molecule has 0 aromatic rings. The molecule has 0 heterocycles. The van der Waals surface area contributed by atoms with E-state index in [0.717, 1.165) is 4.91 Å². The first kappa shape index (κ1) is 9.12. The summed E-state index contributed by atoms with van der Waals surface area (Å²) in [5.41, 5.74) is 0. The minimum Gasteiger partial charge on any atom is -0.0888 e. The zero-order chi connectivity index (χ0) is 7.44. The van der Waals surface area contributed by atoms with E-state index in [0.29, 0.717) is 10.3 Å². The van der Waals surface area contributed by atoms with Crippen LogP contribution < -0.4 is 0 Å². The number of halogens is 1. The van der Waals surface area contributed by atoms with E-state index in [1.807, 2.05) is 0 Å². The smallest absolute Gasteiger partial charge is 0.0707 e. The Kier molecular flexibility index (Phi) is 4.07. The van der Waals surface area contributed by atoms with Crippen LogP contribution in [0.1, 0.15) is 13.8 Å². The Morgan fingerprint density at radius 3 is 2.00 bits per heavy atom. The predicted molar refractivity (Wildman–Crippen MR) is 46.6 cm³/mol. The average Bonchev–Trinajstić information content (AvgIpc) is 1.63. The number of hydrogen-bond donors (Lipinski definition) is 0. The van der Waals surface area contributed by atoms with Gasteiger partial charge in [-0.05, 0) is 10.8 Å². The van der Waals surface area contributed by atoms with Gasteiger partial charge in [0.05, 0.1) is 4.36 Å². The van der Waals surface area contributed by atoms with Gasteiger partial charge < -0.3 is 0 Å². The lowest BCUT2D eigenvalue weighted by Gasteiger charge is -2.05. The first-order valence-electron chi connectivity index (χ1n) is 2.75. The van der Waals surface area contributed by atoms with Crippen LogP contribution in [-0.4, -0.2) is 0 Å². The highest BCUT2D eigenvalue weighted by atomic mass is 35.5. The molecule has 0 rings (SSSR count). The number of thioether (sulfide) groups is 1. The third-order valence-electron chi connectivity index (χ3n) is 0.886. The summed E-state index contributed by atoms with van der Waals surface area (Å²) in [4.78, 5) is 1.06. The second kappa shape index (κ2) is 4.02. The van der Waals surface area contributed by atoms with Gasteiger partial charge in [0.25, 0.3) is 0 Å². The Morgan fingerprint density at radius 1 is 1.44 bits per heavy atom. The minimum atomic E-state index is 0.477. The van der Waals surface area contributed by atoms with Crippen molar-refractivity contribution in [3.63, 3.8) is 0 Å². The van der Waals surface area contributed by atoms with Gasteiger partial charge in [-0.3, -0.25) is 0 Å². The molecule has 0 unspecified atom stereocenters. The minimum absolute atomic E-state index is 0.477. The zero-order valence-corrected chi connectivity index (χ0v) is 7.35. The van der Waals surface area contributed by atoms with Crippen molar-refractivity contribution in [2.45, 2.75) is 13.8 Å². The van der Waals surface area contributed by atoms with E-state index in [4.69, 9.17) is 11.6 Å². The fraction of sp³-hybridized carbons (Fsp3) is 0.429. The summed E-state index contributed by atoms with van der Waals surface area (Å²) in [6, 6.07) is 0. The summed E-state index contributed by atoms with van der Waals surface area (Å²) in [5, 5.41) is 0. The lowest BCUT2D eigenvalue weighted by Crippen LogP contribution is -1.85. The van der Waals surface area contributed by atoms with Gasteiger partial charge in [0, 0.05) is 0 Å². The second-order valence-electron chi connectivity index (χ2n) is 2.08. The van der Waals surface area contributed by atoms with Crippen LogP contribution in [0.25, 0.3) is 0 Å². The summed E-state index contributed by atoms with van der Waals surface area (Å²) in [6.07, 6.45) is 0. The molecular weight excluding hydrogens is 152 g/mol. The topological polar surface area (TPSA) is 0 Å². The summed E-state index contributed by atoms with van der Waals surface area (Å²) in [6.45, 7) is 11.5. The normalized spacial score (nSPS) is 9.78. The molecule has 2 heteroatoms. The van der Waals surface area contributed by atoms with Gasteiger partial charge >= 0.3 is 0 Å². The quantitative estimate of drug-likeness (QED) is 0.611. The molecule has 0 aliphatic heterocycles. The molecule has 0 bridgehead atoms. The van der Waals surface area contributed by atoms with E-state index in [9.17, 15) is 0 Å². The highest BCUT2D eigenvalue weighted by Gasteiger charge is 2.00. The highest BCUT2D eigenvalue weighted by molar-refractivity contribution is 8.08. The van der Waals surface area contributed by atoms with Crippen molar-refractivity contribution < 1.29 is 0 Å². The van der Waals surface area contributed by atoms with Gasteiger partial charge in [-0.2, -0.15) is 0 Å². The molecule has 0 aliphatic rings. The standard InChI is InChI=1S/C7H11ClS/c1-5(2)6(3)9-7(4)8/h5H,3-4H2,1-2H3.